The maximum atomic E-state index is 10.4. The Morgan fingerprint density at radius 3 is 2.64 bits per heavy atom. The first-order valence-corrected chi connectivity index (χ1v) is 3.50. The van der Waals surface area contributed by atoms with Crippen LogP contribution in [0.4, 0.5) is 0 Å². The zero-order valence-electron chi connectivity index (χ0n) is 6.03. The van der Waals surface area contributed by atoms with Crippen molar-refractivity contribution < 1.29 is 15.0 Å². The predicted octanol–water partition coefficient (Wildman–Crippen LogP) is -2.02. The number of aliphatic hydroxyl groups excluding tert-OH is 1. The summed E-state index contributed by atoms with van der Waals surface area (Å²) in [5.41, 5.74) is 5.31. The Balaban J connectivity index is 2.52. The van der Waals surface area contributed by atoms with Crippen molar-refractivity contribution in [1.82, 2.24) is 5.32 Å². The molecule has 2 unspecified atom stereocenters. The number of rotatable bonds is 2. The van der Waals surface area contributed by atoms with E-state index in [9.17, 15) is 9.90 Å². The largest absolute Gasteiger partial charge is 0.480 e. The molecule has 1 fully saturated rings. The van der Waals surface area contributed by atoms with Gasteiger partial charge in [0.25, 0.3) is 0 Å². The first-order chi connectivity index (χ1) is 5.13. The van der Waals surface area contributed by atoms with Crippen molar-refractivity contribution in [2.75, 3.05) is 13.1 Å². The number of aliphatic carboxylic acids is 1. The summed E-state index contributed by atoms with van der Waals surface area (Å²) in [5, 5.41) is 20.6. The van der Waals surface area contributed by atoms with Crippen molar-refractivity contribution >= 4 is 5.97 Å². The fraction of sp³-hybridized carbons (Fsp3) is 0.833. The Kier molecular flexibility index (Phi) is 2.43. The van der Waals surface area contributed by atoms with E-state index in [-0.39, 0.29) is 5.92 Å². The van der Waals surface area contributed by atoms with E-state index in [1.54, 1.807) is 0 Å². The SMILES string of the molecule is N[C@@H](C(=O)O)C1CNCC1O. The lowest BCUT2D eigenvalue weighted by Gasteiger charge is -2.16. The maximum absolute atomic E-state index is 10.4. The van der Waals surface area contributed by atoms with E-state index in [0.29, 0.717) is 13.1 Å². The summed E-state index contributed by atoms with van der Waals surface area (Å²) in [6.07, 6.45) is -0.624. The Labute approximate surface area is 64.2 Å². The van der Waals surface area contributed by atoms with E-state index < -0.39 is 18.1 Å². The van der Waals surface area contributed by atoms with E-state index >= 15 is 0 Å². The van der Waals surface area contributed by atoms with Crippen LogP contribution in [0.3, 0.4) is 0 Å². The average molecular weight is 160 g/mol. The number of nitrogens with one attached hydrogen (secondary N) is 1. The number of hydrogen-bond donors (Lipinski definition) is 4. The summed E-state index contributed by atoms with van der Waals surface area (Å²) in [4.78, 5) is 10.4. The number of hydrogen-bond acceptors (Lipinski definition) is 4. The molecule has 1 saturated heterocycles. The molecule has 0 aromatic heterocycles. The van der Waals surface area contributed by atoms with Gasteiger partial charge in [-0.1, -0.05) is 0 Å². The molecule has 0 saturated carbocycles. The summed E-state index contributed by atoms with van der Waals surface area (Å²) in [6, 6.07) is -0.958. The van der Waals surface area contributed by atoms with E-state index in [0.717, 1.165) is 0 Å². The molecule has 0 aliphatic carbocycles. The number of nitrogens with two attached hydrogens (primary N) is 1. The maximum Gasteiger partial charge on any atom is 0.320 e. The second-order valence-electron chi connectivity index (χ2n) is 2.75. The Morgan fingerprint density at radius 2 is 2.27 bits per heavy atom. The predicted molar refractivity (Wildman–Crippen MR) is 38.0 cm³/mol. The minimum absolute atomic E-state index is 0.354. The standard InChI is InChI=1S/C6H12N2O3/c7-5(6(10)11)3-1-8-2-4(3)9/h3-5,8-9H,1-2,7H2,(H,10,11)/t3?,4?,5-/m1/s1. The zero-order valence-corrected chi connectivity index (χ0v) is 6.03. The van der Waals surface area contributed by atoms with Gasteiger partial charge in [0.1, 0.15) is 6.04 Å². The van der Waals surface area contributed by atoms with Crippen LogP contribution in [0.5, 0.6) is 0 Å². The topological polar surface area (TPSA) is 95.6 Å². The van der Waals surface area contributed by atoms with Crippen LogP contribution in [-0.2, 0) is 4.79 Å². The summed E-state index contributed by atoms with van der Waals surface area (Å²) in [7, 11) is 0. The monoisotopic (exact) mass is 160 g/mol. The molecule has 5 heteroatoms. The molecule has 0 amide bonds. The van der Waals surface area contributed by atoms with Crippen molar-refractivity contribution in [1.29, 1.82) is 0 Å². The number of carboxylic acids is 1. The third-order valence-corrected chi connectivity index (χ3v) is 1.97. The van der Waals surface area contributed by atoms with E-state index in [4.69, 9.17) is 10.8 Å². The molecule has 11 heavy (non-hydrogen) atoms. The highest BCUT2D eigenvalue weighted by atomic mass is 16.4. The lowest BCUT2D eigenvalue weighted by Crippen LogP contribution is -2.43. The fourth-order valence-electron chi connectivity index (χ4n) is 1.23. The Hall–Kier alpha value is -0.650. The Bertz CT molecular complexity index is 162. The molecule has 64 valence electrons. The minimum Gasteiger partial charge on any atom is -0.480 e. The Morgan fingerprint density at radius 1 is 1.64 bits per heavy atom. The van der Waals surface area contributed by atoms with Gasteiger partial charge < -0.3 is 21.3 Å². The van der Waals surface area contributed by atoms with Crippen LogP contribution >= 0.6 is 0 Å². The highest BCUT2D eigenvalue weighted by Gasteiger charge is 2.33. The van der Waals surface area contributed by atoms with Gasteiger partial charge in [-0.3, -0.25) is 4.79 Å². The fourth-order valence-corrected chi connectivity index (χ4v) is 1.23. The van der Waals surface area contributed by atoms with Gasteiger partial charge >= 0.3 is 5.97 Å². The van der Waals surface area contributed by atoms with Crippen molar-refractivity contribution in [2.24, 2.45) is 11.7 Å². The van der Waals surface area contributed by atoms with Gasteiger partial charge in [0.15, 0.2) is 0 Å². The van der Waals surface area contributed by atoms with Crippen LogP contribution in [-0.4, -0.2) is 41.4 Å². The molecule has 0 spiro atoms. The number of aliphatic hydroxyl groups is 1. The van der Waals surface area contributed by atoms with Gasteiger partial charge in [-0.25, -0.2) is 0 Å². The summed E-state index contributed by atoms with van der Waals surface area (Å²) < 4.78 is 0. The molecule has 0 radical (unpaired) electrons. The molecule has 1 aliphatic heterocycles. The molecule has 0 bridgehead atoms. The van der Waals surface area contributed by atoms with Crippen molar-refractivity contribution in [3.63, 3.8) is 0 Å². The van der Waals surface area contributed by atoms with Gasteiger partial charge in [0.2, 0.25) is 0 Å². The second kappa shape index (κ2) is 3.17. The highest BCUT2D eigenvalue weighted by Crippen LogP contribution is 2.11. The molecule has 1 aliphatic rings. The van der Waals surface area contributed by atoms with Crippen molar-refractivity contribution in [2.45, 2.75) is 12.1 Å². The van der Waals surface area contributed by atoms with E-state index in [1.165, 1.54) is 0 Å². The van der Waals surface area contributed by atoms with Crippen LogP contribution < -0.4 is 11.1 Å². The molecule has 5 N–H and O–H groups in total. The first kappa shape index (κ1) is 8.45. The van der Waals surface area contributed by atoms with Gasteiger partial charge in [0, 0.05) is 19.0 Å². The average Bonchev–Trinajstić information content (AvgIpc) is 2.33. The smallest absolute Gasteiger partial charge is 0.320 e. The van der Waals surface area contributed by atoms with E-state index in [1.807, 2.05) is 0 Å². The van der Waals surface area contributed by atoms with Gasteiger partial charge in [-0.2, -0.15) is 0 Å². The van der Waals surface area contributed by atoms with Gasteiger partial charge in [-0.15, -0.1) is 0 Å². The molecule has 5 nitrogen and oxygen atoms in total. The molecule has 1 heterocycles. The minimum atomic E-state index is -1.06. The summed E-state index contributed by atoms with van der Waals surface area (Å²) >= 11 is 0. The van der Waals surface area contributed by atoms with Crippen molar-refractivity contribution in [3.05, 3.63) is 0 Å². The van der Waals surface area contributed by atoms with Crippen molar-refractivity contribution in [3.8, 4) is 0 Å². The van der Waals surface area contributed by atoms with Gasteiger partial charge in [0.05, 0.1) is 6.10 Å². The normalized spacial score (nSPS) is 33.6. The van der Waals surface area contributed by atoms with Crippen LogP contribution in [0.2, 0.25) is 0 Å². The quantitative estimate of drug-likeness (QED) is 0.374. The first-order valence-electron chi connectivity index (χ1n) is 3.50. The number of carbonyl (C=O) groups is 1. The molecule has 3 atom stereocenters. The third kappa shape index (κ3) is 1.68. The van der Waals surface area contributed by atoms with Crippen LogP contribution in [0.25, 0.3) is 0 Å². The molecule has 0 aromatic carbocycles. The zero-order chi connectivity index (χ0) is 8.43. The van der Waals surface area contributed by atoms with Crippen LogP contribution in [0, 0.1) is 5.92 Å². The van der Waals surface area contributed by atoms with Crippen LogP contribution in [0.1, 0.15) is 0 Å². The van der Waals surface area contributed by atoms with Crippen LogP contribution in [0.15, 0.2) is 0 Å². The molecular formula is C6H12N2O3. The third-order valence-electron chi connectivity index (χ3n) is 1.97. The van der Waals surface area contributed by atoms with E-state index in [2.05, 4.69) is 5.32 Å². The number of carboxylic acid groups (broad SMARTS) is 1. The van der Waals surface area contributed by atoms with Gasteiger partial charge in [-0.05, 0) is 0 Å². The summed E-state index contributed by atoms with van der Waals surface area (Å²) in [5.74, 6) is -1.41. The molecule has 1 rings (SSSR count). The lowest BCUT2D eigenvalue weighted by molar-refractivity contribution is -0.140. The molecular weight excluding hydrogens is 148 g/mol. The summed E-state index contributed by atoms with van der Waals surface area (Å²) in [6.45, 7) is 0.917. The highest BCUT2D eigenvalue weighted by molar-refractivity contribution is 5.73. The number of β-amino-alcohol motifs (C(OH)–C–C–N with tert-alkyl or cyclic N) is 1. The lowest BCUT2D eigenvalue weighted by atomic mass is 9.98. The second-order valence-corrected chi connectivity index (χ2v) is 2.75. The molecule has 0 aromatic rings.